The van der Waals surface area contributed by atoms with E-state index in [2.05, 4.69) is 55.0 Å². The van der Waals surface area contributed by atoms with Crippen molar-refractivity contribution in [3.63, 3.8) is 0 Å². The first-order chi connectivity index (χ1) is 11.6. The van der Waals surface area contributed by atoms with Crippen molar-refractivity contribution >= 4 is 17.2 Å². The highest BCUT2D eigenvalue weighted by Crippen LogP contribution is 2.29. The maximum atomic E-state index is 13.0. The Kier molecular flexibility index (Phi) is 5.36. The lowest BCUT2D eigenvalue weighted by Crippen LogP contribution is -2.48. The zero-order chi connectivity index (χ0) is 17.1. The summed E-state index contributed by atoms with van der Waals surface area (Å²) < 4.78 is 0. The van der Waals surface area contributed by atoms with Crippen molar-refractivity contribution in [2.45, 2.75) is 44.8 Å². The fourth-order valence-corrected chi connectivity index (χ4v) is 4.27. The van der Waals surface area contributed by atoms with Crippen LogP contribution < -0.4 is 0 Å². The molecule has 0 unspecified atom stereocenters. The van der Waals surface area contributed by atoms with Gasteiger partial charge in [0.05, 0.1) is 10.9 Å². The summed E-state index contributed by atoms with van der Waals surface area (Å²) in [5.74, 6) is 0.186. The highest BCUT2D eigenvalue weighted by atomic mass is 32.1. The molecule has 1 amide bonds. The second-order valence-corrected chi connectivity index (χ2v) is 7.80. The molecule has 1 fully saturated rings. The van der Waals surface area contributed by atoms with Crippen molar-refractivity contribution in [3.8, 4) is 0 Å². The Hall–Kier alpha value is -1.65. The molecule has 1 aliphatic heterocycles. The van der Waals surface area contributed by atoms with Gasteiger partial charge in [0.25, 0.3) is 5.91 Å². The second kappa shape index (κ2) is 7.49. The maximum Gasteiger partial charge on any atom is 0.264 e. The van der Waals surface area contributed by atoms with Gasteiger partial charge in [-0.2, -0.15) is 0 Å². The maximum absolute atomic E-state index is 13.0. The van der Waals surface area contributed by atoms with E-state index in [-0.39, 0.29) is 11.9 Å². The minimum Gasteiger partial charge on any atom is -0.333 e. The second-order valence-electron chi connectivity index (χ2n) is 6.85. The number of carbonyl (C=O) groups excluding carboxylic acids is 1. The molecule has 3 rings (SSSR count). The summed E-state index contributed by atoms with van der Waals surface area (Å²) in [4.78, 5) is 18.3. The molecule has 128 valence electrons. The number of hydrogen-bond acceptors (Lipinski definition) is 3. The van der Waals surface area contributed by atoms with Crippen LogP contribution in [0.15, 0.2) is 47.8 Å². The third-order valence-corrected chi connectivity index (χ3v) is 5.99. The molecule has 1 aromatic carbocycles. The Morgan fingerprint density at radius 3 is 2.62 bits per heavy atom. The molecule has 0 bridgehead atoms. The van der Waals surface area contributed by atoms with E-state index >= 15 is 0 Å². The number of nitrogens with zero attached hydrogens (tertiary/aromatic N) is 2. The quantitative estimate of drug-likeness (QED) is 0.822. The SMILES string of the molecule is CC(C)N(C)[C@@H]1CCN(C(=O)c2cccs2)[C@H]1Cc1ccccc1. The molecule has 0 radical (unpaired) electrons. The van der Waals surface area contributed by atoms with Crippen molar-refractivity contribution in [2.75, 3.05) is 13.6 Å². The lowest BCUT2D eigenvalue weighted by molar-refractivity contribution is 0.0684. The number of benzene rings is 1. The monoisotopic (exact) mass is 342 g/mol. The van der Waals surface area contributed by atoms with Gasteiger partial charge in [-0.1, -0.05) is 36.4 Å². The Morgan fingerprint density at radius 1 is 1.25 bits per heavy atom. The summed E-state index contributed by atoms with van der Waals surface area (Å²) >= 11 is 1.54. The number of carbonyl (C=O) groups is 1. The molecule has 1 aliphatic rings. The first-order valence-electron chi connectivity index (χ1n) is 8.68. The average molecular weight is 343 g/mol. The van der Waals surface area contributed by atoms with Gasteiger partial charge < -0.3 is 4.90 Å². The number of amides is 1. The Bertz CT molecular complexity index is 654. The molecule has 0 N–H and O–H groups in total. The van der Waals surface area contributed by atoms with E-state index in [9.17, 15) is 4.79 Å². The summed E-state index contributed by atoms with van der Waals surface area (Å²) in [6.07, 6.45) is 1.96. The van der Waals surface area contributed by atoms with Crippen molar-refractivity contribution < 1.29 is 4.79 Å². The number of likely N-dealkylation sites (N-methyl/N-ethyl adjacent to an activating group) is 1. The van der Waals surface area contributed by atoms with E-state index in [1.807, 2.05) is 23.6 Å². The smallest absolute Gasteiger partial charge is 0.264 e. The summed E-state index contributed by atoms with van der Waals surface area (Å²) in [7, 11) is 2.19. The molecule has 0 saturated carbocycles. The average Bonchev–Trinajstić information content (AvgIpc) is 3.24. The van der Waals surface area contributed by atoms with Crippen LogP contribution in [0.2, 0.25) is 0 Å². The summed E-state index contributed by atoms with van der Waals surface area (Å²) in [5, 5.41) is 1.98. The summed E-state index contributed by atoms with van der Waals surface area (Å²) in [6.45, 7) is 5.29. The van der Waals surface area contributed by atoms with Crippen molar-refractivity contribution in [2.24, 2.45) is 0 Å². The fraction of sp³-hybridized carbons (Fsp3) is 0.450. The molecule has 0 aliphatic carbocycles. The highest BCUT2D eigenvalue weighted by molar-refractivity contribution is 7.12. The zero-order valence-electron chi connectivity index (χ0n) is 14.7. The molecule has 2 aromatic rings. The number of thiophene rings is 1. The fourth-order valence-electron chi connectivity index (χ4n) is 3.59. The van der Waals surface area contributed by atoms with E-state index in [0.717, 1.165) is 24.3 Å². The Morgan fingerprint density at radius 2 is 2.00 bits per heavy atom. The van der Waals surface area contributed by atoms with Crippen LogP contribution in [0.5, 0.6) is 0 Å². The number of likely N-dealkylation sites (tertiary alicyclic amines) is 1. The third kappa shape index (κ3) is 3.55. The van der Waals surface area contributed by atoms with Crippen LogP contribution in [-0.4, -0.2) is 47.4 Å². The van der Waals surface area contributed by atoms with E-state index in [1.165, 1.54) is 16.9 Å². The first kappa shape index (κ1) is 17.2. The lowest BCUT2D eigenvalue weighted by Gasteiger charge is -2.35. The predicted molar refractivity (Wildman–Crippen MR) is 101 cm³/mol. The van der Waals surface area contributed by atoms with Crippen molar-refractivity contribution in [3.05, 3.63) is 58.3 Å². The van der Waals surface area contributed by atoms with Gasteiger partial charge in [0.1, 0.15) is 0 Å². The van der Waals surface area contributed by atoms with Gasteiger partial charge in [0, 0.05) is 18.6 Å². The molecule has 24 heavy (non-hydrogen) atoms. The van der Waals surface area contributed by atoms with Gasteiger partial charge in [0.15, 0.2) is 0 Å². The van der Waals surface area contributed by atoms with Gasteiger partial charge in [-0.15, -0.1) is 11.3 Å². The van der Waals surface area contributed by atoms with E-state index in [4.69, 9.17) is 0 Å². The van der Waals surface area contributed by atoms with E-state index in [1.54, 1.807) is 0 Å². The zero-order valence-corrected chi connectivity index (χ0v) is 15.5. The van der Waals surface area contributed by atoms with Gasteiger partial charge in [-0.3, -0.25) is 9.69 Å². The van der Waals surface area contributed by atoms with Crippen LogP contribution in [0, 0.1) is 0 Å². The van der Waals surface area contributed by atoms with Crippen LogP contribution in [0.4, 0.5) is 0 Å². The number of hydrogen-bond donors (Lipinski definition) is 0. The molecule has 2 heterocycles. The molecule has 2 atom stereocenters. The minimum absolute atomic E-state index is 0.186. The normalized spacial score (nSPS) is 21.0. The topological polar surface area (TPSA) is 23.6 Å². The summed E-state index contributed by atoms with van der Waals surface area (Å²) in [5.41, 5.74) is 1.30. The molecule has 3 nitrogen and oxygen atoms in total. The van der Waals surface area contributed by atoms with Gasteiger partial charge in [-0.05, 0) is 50.7 Å². The van der Waals surface area contributed by atoms with Crippen LogP contribution in [0.1, 0.15) is 35.5 Å². The van der Waals surface area contributed by atoms with E-state index in [0.29, 0.717) is 12.1 Å². The van der Waals surface area contributed by atoms with E-state index < -0.39 is 0 Å². The Balaban J connectivity index is 1.86. The van der Waals surface area contributed by atoms with Gasteiger partial charge >= 0.3 is 0 Å². The largest absolute Gasteiger partial charge is 0.333 e. The van der Waals surface area contributed by atoms with Crippen LogP contribution in [-0.2, 0) is 6.42 Å². The van der Waals surface area contributed by atoms with Gasteiger partial charge in [-0.25, -0.2) is 0 Å². The van der Waals surface area contributed by atoms with Crippen molar-refractivity contribution in [1.82, 2.24) is 9.80 Å². The molecule has 0 spiro atoms. The first-order valence-corrected chi connectivity index (χ1v) is 9.56. The van der Waals surface area contributed by atoms with Crippen LogP contribution in [0.3, 0.4) is 0 Å². The number of rotatable bonds is 5. The molecular formula is C20H26N2OS. The molecular weight excluding hydrogens is 316 g/mol. The standard InChI is InChI=1S/C20H26N2OS/c1-15(2)21(3)17-11-12-22(20(23)19-10-7-13-24-19)18(17)14-16-8-5-4-6-9-16/h4-10,13,15,17-18H,11-12,14H2,1-3H3/t17-,18+/m1/s1. The molecule has 4 heteroatoms. The minimum atomic E-state index is 0.186. The lowest BCUT2D eigenvalue weighted by atomic mass is 9.98. The molecule has 1 saturated heterocycles. The third-order valence-electron chi connectivity index (χ3n) is 5.13. The predicted octanol–water partition coefficient (Wildman–Crippen LogP) is 3.91. The van der Waals surface area contributed by atoms with Crippen LogP contribution >= 0.6 is 11.3 Å². The molecule has 1 aromatic heterocycles. The van der Waals surface area contributed by atoms with Crippen molar-refractivity contribution in [1.29, 1.82) is 0 Å². The summed E-state index contributed by atoms with van der Waals surface area (Å²) in [6, 6.07) is 15.5. The van der Waals surface area contributed by atoms with Gasteiger partial charge in [0.2, 0.25) is 0 Å². The highest BCUT2D eigenvalue weighted by Gasteiger charge is 2.40. The van der Waals surface area contributed by atoms with Crippen LogP contribution in [0.25, 0.3) is 0 Å². The Labute approximate surface area is 148 Å².